The predicted octanol–water partition coefficient (Wildman–Crippen LogP) is 3.94. The number of nitrogens with zero attached hydrogens (tertiary/aromatic N) is 4. The van der Waals surface area contributed by atoms with Crippen molar-refractivity contribution in [3.05, 3.63) is 74.6 Å². The molecule has 3 aromatic rings. The molecule has 0 aliphatic heterocycles. The third-order valence-electron chi connectivity index (χ3n) is 4.88. The number of thioether (sulfide) groups is 1. The number of aromatic nitrogens is 2. The first kappa shape index (κ1) is 21.0. The van der Waals surface area contributed by atoms with Crippen LogP contribution in [-0.2, 0) is 12.3 Å². The van der Waals surface area contributed by atoms with Gasteiger partial charge in [-0.05, 0) is 30.8 Å². The average molecular weight is 413 g/mol. The van der Waals surface area contributed by atoms with E-state index in [2.05, 4.69) is 18.7 Å². The smallest absolute Gasteiger partial charge is 0.269 e. The van der Waals surface area contributed by atoms with E-state index in [1.165, 1.54) is 23.9 Å². The highest BCUT2D eigenvalue weighted by atomic mass is 32.2. The van der Waals surface area contributed by atoms with E-state index in [1.807, 2.05) is 24.3 Å². The van der Waals surface area contributed by atoms with Gasteiger partial charge in [0.15, 0.2) is 5.16 Å². The van der Waals surface area contributed by atoms with Crippen LogP contribution in [0.1, 0.15) is 19.4 Å². The lowest BCUT2D eigenvalue weighted by atomic mass is 10.2. The Balaban J connectivity index is 1.88. The molecule has 0 saturated heterocycles. The second kappa shape index (κ2) is 9.67. The van der Waals surface area contributed by atoms with Gasteiger partial charge >= 0.3 is 0 Å². The van der Waals surface area contributed by atoms with Crippen molar-refractivity contribution in [3.8, 4) is 0 Å². The van der Waals surface area contributed by atoms with Crippen molar-refractivity contribution < 1.29 is 4.92 Å². The standard InChI is InChI=1S/C21H24N4O3S/c1-3-23(4-2)13-14-24-20(26)18-7-5-6-8-19(18)22-21(24)29-15-16-9-11-17(12-10-16)25(27)28/h5-12H,3-4,13-15H2,1-2H3. The summed E-state index contributed by atoms with van der Waals surface area (Å²) < 4.78 is 1.75. The number of benzene rings is 2. The van der Waals surface area contributed by atoms with Crippen molar-refractivity contribution in [3.63, 3.8) is 0 Å². The van der Waals surface area contributed by atoms with Crippen LogP contribution in [0.25, 0.3) is 10.9 Å². The second-order valence-electron chi connectivity index (χ2n) is 6.61. The first-order valence-electron chi connectivity index (χ1n) is 9.61. The number of likely N-dealkylation sites (N-methyl/N-ethyl adjacent to an activating group) is 1. The molecule has 29 heavy (non-hydrogen) atoms. The third-order valence-corrected chi connectivity index (χ3v) is 5.92. The number of hydrogen-bond donors (Lipinski definition) is 0. The molecule has 0 amide bonds. The SMILES string of the molecule is CCN(CC)CCn1c(SCc2ccc([N+](=O)[O-])cc2)nc2ccccc2c1=O. The number of nitro benzene ring substituents is 1. The molecule has 8 heteroatoms. The van der Waals surface area contributed by atoms with E-state index in [0.717, 1.165) is 25.2 Å². The van der Waals surface area contributed by atoms with Crippen LogP contribution in [0.4, 0.5) is 5.69 Å². The average Bonchev–Trinajstić information content (AvgIpc) is 2.74. The van der Waals surface area contributed by atoms with Crippen LogP contribution in [0.2, 0.25) is 0 Å². The van der Waals surface area contributed by atoms with E-state index < -0.39 is 4.92 Å². The van der Waals surface area contributed by atoms with E-state index in [0.29, 0.717) is 28.4 Å². The van der Waals surface area contributed by atoms with Crippen LogP contribution in [-0.4, -0.2) is 39.0 Å². The van der Waals surface area contributed by atoms with Gasteiger partial charge in [-0.1, -0.05) is 49.9 Å². The Hall–Kier alpha value is -2.71. The van der Waals surface area contributed by atoms with Gasteiger partial charge in [0, 0.05) is 31.0 Å². The summed E-state index contributed by atoms with van der Waals surface area (Å²) in [7, 11) is 0. The fourth-order valence-corrected chi connectivity index (χ4v) is 4.08. The van der Waals surface area contributed by atoms with Gasteiger partial charge < -0.3 is 4.90 Å². The molecule has 152 valence electrons. The normalized spacial score (nSPS) is 11.3. The largest absolute Gasteiger partial charge is 0.302 e. The lowest BCUT2D eigenvalue weighted by Crippen LogP contribution is -2.32. The topological polar surface area (TPSA) is 81.3 Å². The molecule has 3 rings (SSSR count). The number of hydrogen-bond acceptors (Lipinski definition) is 6. The molecule has 0 spiro atoms. The minimum atomic E-state index is -0.410. The van der Waals surface area contributed by atoms with Crippen LogP contribution >= 0.6 is 11.8 Å². The molecule has 0 fully saturated rings. The lowest BCUT2D eigenvalue weighted by Gasteiger charge is -2.20. The summed E-state index contributed by atoms with van der Waals surface area (Å²) in [5, 5.41) is 12.1. The number of fused-ring (bicyclic) bond motifs is 1. The molecule has 1 aromatic heterocycles. The minimum Gasteiger partial charge on any atom is -0.302 e. The minimum absolute atomic E-state index is 0.0334. The molecule has 0 atom stereocenters. The van der Waals surface area contributed by atoms with Crippen molar-refractivity contribution >= 4 is 28.4 Å². The molecule has 7 nitrogen and oxygen atoms in total. The highest BCUT2D eigenvalue weighted by molar-refractivity contribution is 7.98. The van der Waals surface area contributed by atoms with Crippen LogP contribution in [0.15, 0.2) is 58.5 Å². The van der Waals surface area contributed by atoms with Gasteiger partial charge in [-0.3, -0.25) is 19.5 Å². The third kappa shape index (κ3) is 5.02. The molecular weight excluding hydrogens is 388 g/mol. The van der Waals surface area contributed by atoms with E-state index in [-0.39, 0.29) is 11.2 Å². The Labute approximate surface area is 173 Å². The van der Waals surface area contributed by atoms with Crippen molar-refractivity contribution in [1.82, 2.24) is 14.5 Å². The summed E-state index contributed by atoms with van der Waals surface area (Å²) in [4.78, 5) is 30.5. The maximum atomic E-state index is 13.1. The molecule has 0 aliphatic carbocycles. The van der Waals surface area contributed by atoms with Crippen LogP contribution in [0.5, 0.6) is 0 Å². The summed E-state index contributed by atoms with van der Waals surface area (Å²) in [5.74, 6) is 0.577. The molecule has 0 radical (unpaired) electrons. The van der Waals surface area contributed by atoms with Crippen LogP contribution in [0, 0.1) is 10.1 Å². The fraction of sp³-hybridized carbons (Fsp3) is 0.333. The summed E-state index contributed by atoms with van der Waals surface area (Å²) in [6.45, 7) is 7.42. The molecule has 0 N–H and O–H groups in total. The summed E-state index contributed by atoms with van der Waals surface area (Å²) in [5.41, 5.74) is 1.66. The predicted molar refractivity (Wildman–Crippen MR) is 116 cm³/mol. The Kier molecular flexibility index (Phi) is 7.00. The van der Waals surface area contributed by atoms with Gasteiger partial charge in [-0.2, -0.15) is 0 Å². The molecule has 0 unspecified atom stereocenters. The van der Waals surface area contributed by atoms with Crippen LogP contribution in [0.3, 0.4) is 0 Å². The van der Waals surface area contributed by atoms with Gasteiger partial charge in [0.05, 0.1) is 15.8 Å². The zero-order valence-electron chi connectivity index (χ0n) is 16.6. The van der Waals surface area contributed by atoms with Gasteiger partial charge in [0.1, 0.15) is 0 Å². The van der Waals surface area contributed by atoms with E-state index >= 15 is 0 Å². The lowest BCUT2D eigenvalue weighted by molar-refractivity contribution is -0.384. The molecule has 0 saturated carbocycles. The monoisotopic (exact) mass is 412 g/mol. The summed E-state index contributed by atoms with van der Waals surface area (Å²) in [6, 6.07) is 13.9. The van der Waals surface area contributed by atoms with E-state index in [9.17, 15) is 14.9 Å². The first-order chi connectivity index (χ1) is 14.0. The number of non-ortho nitro benzene ring substituents is 1. The maximum absolute atomic E-state index is 13.1. The Morgan fingerprint density at radius 1 is 1.10 bits per heavy atom. The second-order valence-corrected chi connectivity index (χ2v) is 7.55. The maximum Gasteiger partial charge on any atom is 0.269 e. The number of nitro groups is 1. The summed E-state index contributed by atoms with van der Waals surface area (Å²) in [6.07, 6.45) is 0. The van der Waals surface area contributed by atoms with Gasteiger partial charge in [-0.25, -0.2) is 4.98 Å². The van der Waals surface area contributed by atoms with E-state index in [4.69, 9.17) is 4.98 Å². The van der Waals surface area contributed by atoms with Crippen molar-refractivity contribution in [2.75, 3.05) is 19.6 Å². The Bertz CT molecular complexity index is 1050. The Morgan fingerprint density at radius 2 is 1.79 bits per heavy atom. The molecule has 2 aromatic carbocycles. The highest BCUT2D eigenvalue weighted by Gasteiger charge is 2.13. The number of rotatable bonds is 9. The number of para-hydroxylation sites is 1. The van der Waals surface area contributed by atoms with Gasteiger partial charge in [0.25, 0.3) is 11.2 Å². The molecule has 0 bridgehead atoms. The van der Waals surface area contributed by atoms with Crippen molar-refractivity contribution in [2.45, 2.75) is 31.3 Å². The molecule has 0 aliphatic rings. The summed E-state index contributed by atoms with van der Waals surface area (Å²) >= 11 is 1.47. The van der Waals surface area contributed by atoms with Crippen molar-refractivity contribution in [1.29, 1.82) is 0 Å². The van der Waals surface area contributed by atoms with Gasteiger partial charge in [0.2, 0.25) is 0 Å². The van der Waals surface area contributed by atoms with E-state index in [1.54, 1.807) is 16.7 Å². The first-order valence-corrected chi connectivity index (χ1v) is 10.6. The highest BCUT2D eigenvalue weighted by Crippen LogP contribution is 2.23. The van der Waals surface area contributed by atoms with Gasteiger partial charge in [-0.15, -0.1) is 0 Å². The molecule has 1 heterocycles. The zero-order valence-corrected chi connectivity index (χ0v) is 17.4. The van der Waals surface area contributed by atoms with Crippen LogP contribution < -0.4 is 5.56 Å². The Morgan fingerprint density at radius 3 is 2.45 bits per heavy atom. The van der Waals surface area contributed by atoms with Crippen molar-refractivity contribution in [2.24, 2.45) is 0 Å². The fourth-order valence-electron chi connectivity index (χ4n) is 3.10. The molecular formula is C21H24N4O3S. The zero-order chi connectivity index (χ0) is 20.8. The quantitative estimate of drug-likeness (QED) is 0.229.